The van der Waals surface area contributed by atoms with E-state index in [1.54, 1.807) is 6.20 Å². The van der Waals surface area contributed by atoms with Crippen LogP contribution in [0.25, 0.3) is 5.69 Å². The second-order valence-corrected chi connectivity index (χ2v) is 4.78. The predicted octanol–water partition coefficient (Wildman–Crippen LogP) is 2.29. The molecule has 2 aromatic rings. The summed E-state index contributed by atoms with van der Waals surface area (Å²) in [6.07, 6.45) is 1.69. The van der Waals surface area contributed by atoms with Gasteiger partial charge in [-0.05, 0) is 24.6 Å². The second-order valence-electron chi connectivity index (χ2n) is 4.78. The van der Waals surface area contributed by atoms with E-state index in [-0.39, 0.29) is 0 Å². The van der Waals surface area contributed by atoms with Gasteiger partial charge in [0.15, 0.2) is 11.6 Å². The molecule has 0 unspecified atom stereocenters. The molecule has 4 nitrogen and oxygen atoms in total. The minimum atomic E-state index is -0.896. The normalized spacial score (nSPS) is 11.2. The molecule has 0 bridgehead atoms. The summed E-state index contributed by atoms with van der Waals surface area (Å²) in [4.78, 5) is 0. The van der Waals surface area contributed by atoms with Crippen molar-refractivity contribution in [2.75, 3.05) is 6.54 Å². The van der Waals surface area contributed by atoms with Gasteiger partial charge in [0.05, 0.1) is 17.6 Å². The van der Waals surface area contributed by atoms with Crippen LogP contribution in [0.15, 0.2) is 24.4 Å². The summed E-state index contributed by atoms with van der Waals surface area (Å²) in [7, 11) is 0. The topological polar surface area (TPSA) is 42.7 Å². The van der Waals surface area contributed by atoms with Crippen LogP contribution >= 0.6 is 0 Å². The molecule has 0 atom stereocenters. The van der Waals surface area contributed by atoms with Gasteiger partial charge in [-0.3, -0.25) is 0 Å². The lowest BCUT2D eigenvalue weighted by molar-refractivity contribution is 0.507. The lowest BCUT2D eigenvalue weighted by Gasteiger charge is -2.04. The van der Waals surface area contributed by atoms with Crippen molar-refractivity contribution < 1.29 is 8.78 Å². The smallest absolute Gasteiger partial charge is 0.160 e. The third kappa shape index (κ3) is 3.57. The Kier molecular flexibility index (Phi) is 4.21. The van der Waals surface area contributed by atoms with Crippen molar-refractivity contribution in [3.05, 3.63) is 41.7 Å². The van der Waals surface area contributed by atoms with Crippen LogP contribution in [0.5, 0.6) is 0 Å². The Bertz CT molecular complexity index is 551. The monoisotopic (exact) mass is 266 g/mol. The maximum absolute atomic E-state index is 13.1. The molecule has 0 aliphatic rings. The van der Waals surface area contributed by atoms with Crippen LogP contribution in [0.1, 0.15) is 19.5 Å². The SMILES string of the molecule is CC(C)CNCc1cn(-c2ccc(F)c(F)c2)nn1. The summed E-state index contributed by atoms with van der Waals surface area (Å²) in [6.45, 7) is 5.72. The minimum Gasteiger partial charge on any atom is -0.311 e. The summed E-state index contributed by atoms with van der Waals surface area (Å²) < 4.78 is 27.4. The van der Waals surface area contributed by atoms with Gasteiger partial charge in [0.25, 0.3) is 0 Å². The van der Waals surface area contributed by atoms with Crippen LogP contribution < -0.4 is 5.32 Å². The van der Waals surface area contributed by atoms with E-state index in [4.69, 9.17) is 0 Å². The molecule has 0 fully saturated rings. The molecular weight excluding hydrogens is 250 g/mol. The summed E-state index contributed by atoms with van der Waals surface area (Å²) >= 11 is 0. The Morgan fingerprint density at radius 1 is 1.26 bits per heavy atom. The van der Waals surface area contributed by atoms with Gasteiger partial charge >= 0.3 is 0 Å². The fourth-order valence-corrected chi connectivity index (χ4v) is 1.62. The van der Waals surface area contributed by atoms with E-state index in [9.17, 15) is 8.78 Å². The molecule has 1 N–H and O–H groups in total. The standard InChI is InChI=1S/C13H16F2N4/c1-9(2)6-16-7-10-8-19(18-17-10)11-3-4-12(14)13(15)5-11/h3-5,8-9,16H,6-7H2,1-2H3. The molecule has 19 heavy (non-hydrogen) atoms. The Morgan fingerprint density at radius 2 is 2.05 bits per heavy atom. The number of halogens is 2. The van der Waals surface area contributed by atoms with Crippen molar-refractivity contribution >= 4 is 0 Å². The van der Waals surface area contributed by atoms with Gasteiger partial charge in [0.1, 0.15) is 0 Å². The number of nitrogens with one attached hydrogen (secondary N) is 1. The van der Waals surface area contributed by atoms with Gasteiger partial charge in [-0.1, -0.05) is 19.1 Å². The average molecular weight is 266 g/mol. The van der Waals surface area contributed by atoms with Gasteiger partial charge < -0.3 is 5.32 Å². The third-order valence-electron chi connectivity index (χ3n) is 2.57. The van der Waals surface area contributed by atoms with E-state index in [1.165, 1.54) is 10.7 Å². The summed E-state index contributed by atoms with van der Waals surface area (Å²) in [6, 6.07) is 3.62. The van der Waals surface area contributed by atoms with E-state index in [0.717, 1.165) is 24.4 Å². The molecule has 1 heterocycles. The molecule has 0 aliphatic carbocycles. The molecule has 1 aromatic heterocycles. The average Bonchev–Trinajstić information content (AvgIpc) is 2.81. The Morgan fingerprint density at radius 3 is 2.74 bits per heavy atom. The first kappa shape index (κ1) is 13.6. The van der Waals surface area contributed by atoms with E-state index in [1.807, 2.05) is 0 Å². The van der Waals surface area contributed by atoms with E-state index in [0.29, 0.717) is 18.2 Å². The zero-order valence-corrected chi connectivity index (χ0v) is 10.9. The Hall–Kier alpha value is -1.82. The van der Waals surface area contributed by atoms with Crippen molar-refractivity contribution in [2.24, 2.45) is 5.92 Å². The number of aromatic nitrogens is 3. The number of hydrogen-bond acceptors (Lipinski definition) is 3. The first-order chi connectivity index (χ1) is 9.06. The molecule has 2 rings (SSSR count). The number of nitrogens with zero attached hydrogens (tertiary/aromatic N) is 3. The Labute approximate surface area is 110 Å². The maximum Gasteiger partial charge on any atom is 0.160 e. The highest BCUT2D eigenvalue weighted by molar-refractivity contribution is 5.31. The van der Waals surface area contributed by atoms with Crippen molar-refractivity contribution in [1.29, 1.82) is 0 Å². The quantitative estimate of drug-likeness (QED) is 0.903. The lowest BCUT2D eigenvalue weighted by atomic mass is 10.2. The fourth-order valence-electron chi connectivity index (χ4n) is 1.62. The highest BCUT2D eigenvalue weighted by Gasteiger charge is 2.06. The zero-order valence-electron chi connectivity index (χ0n) is 10.9. The minimum absolute atomic E-state index is 0.446. The van der Waals surface area contributed by atoms with Crippen molar-refractivity contribution in [3.63, 3.8) is 0 Å². The zero-order chi connectivity index (χ0) is 13.8. The molecule has 0 saturated heterocycles. The predicted molar refractivity (Wildman–Crippen MR) is 67.8 cm³/mol. The van der Waals surface area contributed by atoms with Crippen molar-refractivity contribution in [1.82, 2.24) is 20.3 Å². The second kappa shape index (κ2) is 5.88. The number of benzene rings is 1. The van der Waals surface area contributed by atoms with Crippen LogP contribution in [-0.4, -0.2) is 21.5 Å². The largest absolute Gasteiger partial charge is 0.311 e. The summed E-state index contributed by atoms with van der Waals surface area (Å²) in [5.74, 6) is -1.21. The third-order valence-corrected chi connectivity index (χ3v) is 2.57. The summed E-state index contributed by atoms with van der Waals surface area (Å²) in [5.41, 5.74) is 1.20. The molecule has 0 saturated carbocycles. The molecule has 102 valence electrons. The van der Waals surface area contributed by atoms with Crippen LogP contribution in [0.2, 0.25) is 0 Å². The van der Waals surface area contributed by atoms with Gasteiger partial charge in [-0.2, -0.15) is 0 Å². The van der Waals surface area contributed by atoms with Crippen molar-refractivity contribution in [3.8, 4) is 5.69 Å². The van der Waals surface area contributed by atoms with Gasteiger partial charge in [0.2, 0.25) is 0 Å². The van der Waals surface area contributed by atoms with Gasteiger partial charge in [0, 0.05) is 12.6 Å². The van der Waals surface area contributed by atoms with Crippen LogP contribution in [0.3, 0.4) is 0 Å². The van der Waals surface area contributed by atoms with Crippen LogP contribution in [0, 0.1) is 17.6 Å². The van der Waals surface area contributed by atoms with Gasteiger partial charge in [-0.25, -0.2) is 13.5 Å². The van der Waals surface area contributed by atoms with Crippen molar-refractivity contribution in [2.45, 2.75) is 20.4 Å². The van der Waals surface area contributed by atoms with Gasteiger partial charge in [-0.15, -0.1) is 5.10 Å². The summed E-state index contributed by atoms with van der Waals surface area (Å²) in [5, 5.41) is 11.1. The molecular formula is C13H16F2N4. The molecule has 0 radical (unpaired) electrons. The molecule has 0 amide bonds. The van der Waals surface area contributed by atoms with E-state index < -0.39 is 11.6 Å². The molecule has 1 aromatic carbocycles. The molecule has 6 heteroatoms. The highest BCUT2D eigenvalue weighted by atomic mass is 19.2. The fraction of sp³-hybridized carbons (Fsp3) is 0.385. The lowest BCUT2D eigenvalue weighted by Crippen LogP contribution is -2.19. The van der Waals surface area contributed by atoms with E-state index in [2.05, 4.69) is 29.5 Å². The maximum atomic E-state index is 13.1. The van der Waals surface area contributed by atoms with Crippen LogP contribution in [-0.2, 0) is 6.54 Å². The molecule has 0 spiro atoms. The van der Waals surface area contributed by atoms with E-state index >= 15 is 0 Å². The Balaban J connectivity index is 2.05. The van der Waals surface area contributed by atoms with Crippen LogP contribution in [0.4, 0.5) is 8.78 Å². The number of rotatable bonds is 5. The highest BCUT2D eigenvalue weighted by Crippen LogP contribution is 2.12. The number of hydrogen-bond donors (Lipinski definition) is 1. The molecule has 0 aliphatic heterocycles. The first-order valence-corrected chi connectivity index (χ1v) is 6.13. The first-order valence-electron chi connectivity index (χ1n) is 6.13.